The molecule has 0 radical (unpaired) electrons. The van der Waals surface area contributed by atoms with Crippen molar-refractivity contribution in [2.24, 2.45) is 10.9 Å². The molecule has 0 bridgehead atoms. The molecule has 1 atom stereocenters. The molecule has 23 heavy (non-hydrogen) atoms. The van der Waals surface area contributed by atoms with Crippen LogP contribution in [0.3, 0.4) is 0 Å². The molecule has 5 nitrogen and oxygen atoms in total. The minimum atomic E-state index is 0.688. The van der Waals surface area contributed by atoms with Crippen molar-refractivity contribution in [2.45, 2.75) is 40.0 Å². The molecule has 0 saturated carbocycles. The summed E-state index contributed by atoms with van der Waals surface area (Å²) < 4.78 is 0. The second-order valence-electron chi connectivity index (χ2n) is 6.42. The van der Waals surface area contributed by atoms with Gasteiger partial charge in [-0.2, -0.15) is 0 Å². The lowest BCUT2D eigenvalue weighted by atomic mass is 9.99. The normalized spacial score (nSPS) is 19.8. The average molecular weight is 338 g/mol. The van der Waals surface area contributed by atoms with Gasteiger partial charge in [0.05, 0.1) is 10.7 Å². The standard InChI is InChI=1S/C17H31N5S/c1-5-18-17(20-11-15-7-6-10-22(4)12-15)19-9-8-16-21-13(2)14(3)23-16/h15H,5-12H2,1-4H3,(H2,18,19,20). The van der Waals surface area contributed by atoms with Gasteiger partial charge in [0.15, 0.2) is 5.96 Å². The van der Waals surface area contributed by atoms with E-state index in [9.17, 15) is 0 Å². The van der Waals surface area contributed by atoms with Crippen molar-refractivity contribution in [1.29, 1.82) is 0 Å². The molecule has 1 saturated heterocycles. The van der Waals surface area contributed by atoms with Crippen LogP contribution in [0.15, 0.2) is 4.99 Å². The Hall–Kier alpha value is -1.14. The molecule has 0 spiro atoms. The number of hydrogen-bond acceptors (Lipinski definition) is 4. The van der Waals surface area contributed by atoms with Crippen LogP contribution in [-0.4, -0.2) is 55.6 Å². The van der Waals surface area contributed by atoms with Crippen molar-refractivity contribution in [3.05, 3.63) is 15.6 Å². The van der Waals surface area contributed by atoms with Crippen molar-refractivity contribution in [3.8, 4) is 0 Å². The molecule has 0 aliphatic carbocycles. The third-order valence-corrected chi connectivity index (χ3v) is 5.41. The molecule has 1 fully saturated rings. The van der Waals surface area contributed by atoms with Crippen molar-refractivity contribution in [3.63, 3.8) is 0 Å². The van der Waals surface area contributed by atoms with Crippen LogP contribution < -0.4 is 10.6 Å². The zero-order valence-corrected chi connectivity index (χ0v) is 15.8. The molecule has 130 valence electrons. The molecule has 1 aliphatic heterocycles. The van der Waals surface area contributed by atoms with Crippen LogP contribution in [0.25, 0.3) is 0 Å². The fourth-order valence-corrected chi connectivity index (χ4v) is 3.85. The highest BCUT2D eigenvalue weighted by atomic mass is 32.1. The van der Waals surface area contributed by atoms with Crippen LogP contribution in [0.2, 0.25) is 0 Å². The highest BCUT2D eigenvalue weighted by Gasteiger charge is 2.16. The van der Waals surface area contributed by atoms with Gasteiger partial charge in [-0.3, -0.25) is 4.99 Å². The molecule has 6 heteroatoms. The van der Waals surface area contributed by atoms with Gasteiger partial charge >= 0.3 is 0 Å². The number of aromatic nitrogens is 1. The maximum atomic E-state index is 4.78. The van der Waals surface area contributed by atoms with E-state index in [1.165, 1.54) is 35.8 Å². The van der Waals surface area contributed by atoms with E-state index >= 15 is 0 Å². The smallest absolute Gasteiger partial charge is 0.191 e. The highest BCUT2D eigenvalue weighted by molar-refractivity contribution is 7.11. The number of aliphatic imine (C=N–C) groups is 1. The van der Waals surface area contributed by atoms with Crippen LogP contribution >= 0.6 is 11.3 Å². The zero-order chi connectivity index (χ0) is 16.7. The van der Waals surface area contributed by atoms with Crippen LogP contribution in [-0.2, 0) is 6.42 Å². The highest BCUT2D eigenvalue weighted by Crippen LogP contribution is 2.16. The summed E-state index contributed by atoms with van der Waals surface area (Å²) >= 11 is 1.80. The van der Waals surface area contributed by atoms with E-state index in [0.29, 0.717) is 5.92 Å². The lowest BCUT2D eigenvalue weighted by Gasteiger charge is -2.28. The Balaban J connectivity index is 1.79. The van der Waals surface area contributed by atoms with Gasteiger partial charge in [-0.1, -0.05) is 0 Å². The van der Waals surface area contributed by atoms with E-state index < -0.39 is 0 Å². The molecule has 0 aromatic carbocycles. The number of aryl methyl sites for hydroxylation is 2. The maximum absolute atomic E-state index is 4.78. The van der Waals surface area contributed by atoms with Gasteiger partial charge in [0, 0.05) is 37.5 Å². The van der Waals surface area contributed by atoms with Gasteiger partial charge in [0.25, 0.3) is 0 Å². The number of likely N-dealkylation sites (tertiary alicyclic amines) is 1. The van der Waals surface area contributed by atoms with Crippen LogP contribution in [0, 0.1) is 19.8 Å². The lowest BCUT2D eigenvalue weighted by molar-refractivity contribution is 0.214. The first-order valence-electron chi connectivity index (χ1n) is 8.72. The van der Waals surface area contributed by atoms with E-state index in [-0.39, 0.29) is 0 Å². The largest absolute Gasteiger partial charge is 0.357 e. The summed E-state index contributed by atoms with van der Waals surface area (Å²) in [7, 11) is 2.21. The summed E-state index contributed by atoms with van der Waals surface area (Å²) in [6.07, 6.45) is 3.55. The first-order valence-corrected chi connectivity index (χ1v) is 9.53. The third-order valence-electron chi connectivity index (χ3n) is 4.28. The summed E-state index contributed by atoms with van der Waals surface area (Å²) in [5.41, 5.74) is 1.16. The predicted molar refractivity (Wildman–Crippen MR) is 99.5 cm³/mol. The summed E-state index contributed by atoms with van der Waals surface area (Å²) in [5, 5.41) is 7.99. The molecule has 1 aromatic heterocycles. The third kappa shape index (κ3) is 6.11. The number of nitrogens with one attached hydrogen (secondary N) is 2. The van der Waals surface area contributed by atoms with Gasteiger partial charge in [0.1, 0.15) is 0 Å². The number of piperidine rings is 1. The van der Waals surface area contributed by atoms with E-state index in [0.717, 1.165) is 37.7 Å². The van der Waals surface area contributed by atoms with Crippen molar-refractivity contribution >= 4 is 17.3 Å². The first-order chi connectivity index (χ1) is 11.1. The number of thiazole rings is 1. The second-order valence-corrected chi connectivity index (χ2v) is 7.70. The van der Waals surface area contributed by atoms with Crippen molar-refractivity contribution in [1.82, 2.24) is 20.5 Å². The molecule has 1 aromatic rings. The Kier molecular flexibility index (Phi) is 7.30. The van der Waals surface area contributed by atoms with Crippen molar-refractivity contribution < 1.29 is 0 Å². The van der Waals surface area contributed by atoms with Crippen molar-refractivity contribution in [2.75, 3.05) is 39.8 Å². The van der Waals surface area contributed by atoms with E-state index in [1.54, 1.807) is 11.3 Å². The molecular weight excluding hydrogens is 306 g/mol. The Morgan fingerprint density at radius 1 is 1.39 bits per heavy atom. The fraction of sp³-hybridized carbons (Fsp3) is 0.765. The van der Waals surface area contributed by atoms with E-state index in [4.69, 9.17) is 4.99 Å². The Morgan fingerprint density at radius 2 is 2.22 bits per heavy atom. The van der Waals surface area contributed by atoms with E-state index in [1.807, 2.05) is 0 Å². The average Bonchev–Trinajstić information content (AvgIpc) is 2.83. The molecule has 2 N–H and O–H groups in total. The quantitative estimate of drug-likeness (QED) is 0.617. The summed E-state index contributed by atoms with van der Waals surface area (Å²) in [4.78, 5) is 13.1. The Bertz CT molecular complexity index is 492. The Labute approximate surface area is 144 Å². The minimum absolute atomic E-state index is 0.688. The lowest BCUT2D eigenvalue weighted by Crippen LogP contribution is -2.39. The van der Waals surface area contributed by atoms with Gasteiger partial charge in [0.2, 0.25) is 0 Å². The molecule has 0 amide bonds. The first kappa shape index (κ1) is 18.2. The SMILES string of the molecule is CCNC(=NCC1CCCN(C)C1)NCCc1nc(C)c(C)s1. The number of rotatable bonds is 6. The summed E-state index contributed by atoms with van der Waals surface area (Å²) in [5.74, 6) is 1.62. The van der Waals surface area contributed by atoms with Crippen LogP contribution in [0.1, 0.15) is 35.3 Å². The topological polar surface area (TPSA) is 52.6 Å². The van der Waals surface area contributed by atoms with Gasteiger partial charge < -0.3 is 15.5 Å². The van der Waals surface area contributed by atoms with Crippen LogP contribution in [0.5, 0.6) is 0 Å². The molecule has 1 aliphatic rings. The Morgan fingerprint density at radius 3 is 2.87 bits per heavy atom. The maximum Gasteiger partial charge on any atom is 0.191 e. The monoisotopic (exact) mass is 337 g/mol. The predicted octanol–water partition coefficient (Wildman–Crippen LogP) is 2.20. The number of nitrogens with zero attached hydrogens (tertiary/aromatic N) is 3. The summed E-state index contributed by atoms with van der Waals surface area (Å²) in [6, 6.07) is 0. The van der Waals surface area contributed by atoms with E-state index in [2.05, 4.69) is 48.3 Å². The van der Waals surface area contributed by atoms with Gasteiger partial charge in [-0.25, -0.2) is 4.98 Å². The molecule has 2 rings (SSSR count). The number of hydrogen-bond donors (Lipinski definition) is 2. The molecule has 2 heterocycles. The fourth-order valence-electron chi connectivity index (χ4n) is 2.92. The molecule has 1 unspecified atom stereocenters. The molecular formula is C17H31N5S. The van der Waals surface area contributed by atoms with Crippen LogP contribution in [0.4, 0.5) is 0 Å². The second kappa shape index (κ2) is 9.23. The minimum Gasteiger partial charge on any atom is -0.357 e. The summed E-state index contributed by atoms with van der Waals surface area (Å²) in [6.45, 7) is 11.4. The van der Waals surface area contributed by atoms with Gasteiger partial charge in [-0.15, -0.1) is 11.3 Å². The number of guanidine groups is 1. The zero-order valence-electron chi connectivity index (χ0n) is 15.0. The van der Waals surface area contributed by atoms with Gasteiger partial charge in [-0.05, 0) is 53.1 Å².